The van der Waals surface area contributed by atoms with Crippen molar-refractivity contribution in [1.82, 2.24) is 4.98 Å². The summed E-state index contributed by atoms with van der Waals surface area (Å²) in [5, 5.41) is 0. The molecule has 76 valence electrons. The van der Waals surface area contributed by atoms with Gasteiger partial charge in [0.1, 0.15) is 0 Å². The maximum Gasteiger partial charge on any atom is 0.0735 e. The van der Waals surface area contributed by atoms with Gasteiger partial charge in [-0.05, 0) is 36.4 Å². The third-order valence-corrected chi connectivity index (χ3v) is 2.54. The first-order chi connectivity index (χ1) is 7.95. The molecule has 0 unspecified atom stereocenters. The lowest BCUT2D eigenvalue weighted by molar-refractivity contribution is 1.32. The summed E-state index contributed by atoms with van der Waals surface area (Å²) in [4.78, 5) is 7.57. The average molecular weight is 206 g/mol. The van der Waals surface area contributed by atoms with Crippen LogP contribution in [0.25, 0.3) is 5.57 Å². The summed E-state index contributed by atoms with van der Waals surface area (Å²) in [6.45, 7) is 0. The van der Waals surface area contributed by atoms with E-state index in [9.17, 15) is 0 Å². The highest BCUT2D eigenvalue weighted by Crippen LogP contribution is 2.29. The summed E-state index contributed by atoms with van der Waals surface area (Å²) in [5.41, 5.74) is 7.43. The topological polar surface area (TPSA) is 28.1 Å². The lowest BCUT2D eigenvalue weighted by Crippen LogP contribution is -1.90. The van der Waals surface area contributed by atoms with E-state index in [0.717, 1.165) is 22.5 Å². The average Bonchev–Trinajstić information content (AvgIpc) is 3.02. The van der Waals surface area contributed by atoms with Crippen molar-refractivity contribution in [2.75, 3.05) is 0 Å². The number of allylic oxidation sites excluding steroid dienone is 6. The van der Waals surface area contributed by atoms with E-state index >= 15 is 0 Å². The Balaban J connectivity index is 2.20. The van der Waals surface area contributed by atoms with Crippen molar-refractivity contribution in [3.05, 3.63) is 71.4 Å². The summed E-state index contributed by atoms with van der Waals surface area (Å²) in [7, 11) is 0. The maximum absolute atomic E-state index is 4.35. The molecule has 0 fully saturated rings. The molecule has 2 nitrogen and oxygen atoms in total. The van der Waals surface area contributed by atoms with Gasteiger partial charge in [-0.1, -0.05) is 6.08 Å². The van der Waals surface area contributed by atoms with Gasteiger partial charge in [-0.2, -0.15) is 0 Å². The number of aromatic nitrogens is 1. The monoisotopic (exact) mass is 206 g/mol. The van der Waals surface area contributed by atoms with E-state index in [0.29, 0.717) is 0 Å². The van der Waals surface area contributed by atoms with Crippen LogP contribution in [0.2, 0.25) is 0 Å². The molecule has 0 bridgehead atoms. The fourth-order valence-electron chi connectivity index (χ4n) is 1.84. The van der Waals surface area contributed by atoms with Crippen molar-refractivity contribution < 1.29 is 0 Å². The standard InChI is InChI=1S/C14H10N2/c1-2-6-11(5-1)14(12-7-3-9-15-12)13-8-4-10-16-13/h1-5,7-10,15H/b14-13+. The molecular formula is C14H10N2. The van der Waals surface area contributed by atoms with Gasteiger partial charge in [-0.3, -0.25) is 4.99 Å². The van der Waals surface area contributed by atoms with Gasteiger partial charge in [0.15, 0.2) is 0 Å². The van der Waals surface area contributed by atoms with E-state index in [1.807, 2.05) is 48.7 Å². The molecule has 0 radical (unpaired) electrons. The predicted octanol–water partition coefficient (Wildman–Crippen LogP) is 3.02. The molecule has 0 aromatic carbocycles. The van der Waals surface area contributed by atoms with Crippen molar-refractivity contribution in [2.45, 2.75) is 0 Å². The van der Waals surface area contributed by atoms with Crippen LogP contribution < -0.4 is 0 Å². The molecule has 2 heteroatoms. The second-order valence-corrected chi connectivity index (χ2v) is 3.57. The van der Waals surface area contributed by atoms with Gasteiger partial charge in [0.2, 0.25) is 0 Å². The first-order valence-electron chi connectivity index (χ1n) is 5.18. The van der Waals surface area contributed by atoms with Crippen molar-refractivity contribution in [2.24, 2.45) is 4.99 Å². The van der Waals surface area contributed by atoms with Gasteiger partial charge in [-0.25, -0.2) is 0 Å². The molecule has 1 N–H and O–H groups in total. The lowest BCUT2D eigenvalue weighted by Gasteiger charge is -2.05. The fourth-order valence-corrected chi connectivity index (χ4v) is 1.84. The van der Waals surface area contributed by atoms with Crippen molar-refractivity contribution in [3.63, 3.8) is 0 Å². The molecule has 0 spiro atoms. The Hall–Kier alpha value is -2.31. The van der Waals surface area contributed by atoms with Crippen LogP contribution in [0.5, 0.6) is 0 Å². The maximum atomic E-state index is 4.35. The molecule has 2 heterocycles. The highest BCUT2D eigenvalue weighted by Gasteiger charge is 2.13. The van der Waals surface area contributed by atoms with Crippen LogP contribution in [0.3, 0.4) is 0 Å². The number of rotatable bonds is 2. The summed E-state index contributed by atoms with van der Waals surface area (Å²) in [5.74, 6) is 0. The second-order valence-electron chi connectivity index (χ2n) is 3.57. The Kier molecular flexibility index (Phi) is 2.06. The van der Waals surface area contributed by atoms with Crippen molar-refractivity contribution >= 4 is 11.8 Å². The zero-order valence-electron chi connectivity index (χ0n) is 8.64. The molecule has 3 rings (SSSR count). The fraction of sp³-hybridized carbons (Fsp3) is 0. The number of nitrogens with one attached hydrogen (secondary N) is 1. The summed E-state index contributed by atoms with van der Waals surface area (Å²) in [6.07, 6.45) is 13.6. The predicted molar refractivity (Wildman–Crippen MR) is 66.1 cm³/mol. The van der Waals surface area contributed by atoms with Gasteiger partial charge in [0, 0.05) is 29.3 Å². The third-order valence-electron chi connectivity index (χ3n) is 2.54. The Labute approximate surface area is 93.7 Å². The molecule has 1 aliphatic heterocycles. The molecule has 0 amide bonds. The largest absolute Gasteiger partial charge is 0.361 e. The third kappa shape index (κ3) is 1.42. The minimum Gasteiger partial charge on any atom is -0.361 e. The number of hydrogen-bond donors (Lipinski definition) is 1. The second kappa shape index (κ2) is 3.69. The SMILES string of the molecule is C1=CC=CC=1/C(=C1/C=CC=N1)c1ccc[nH]1. The zero-order valence-corrected chi connectivity index (χ0v) is 8.64. The van der Waals surface area contributed by atoms with Crippen LogP contribution in [-0.4, -0.2) is 11.2 Å². The van der Waals surface area contributed by atoms with Crippen LogP contribution in [0.1, 0.15) is 5.69 Å². The van der Waals surface area contributed by atoms with Crippen LogP contribution >= 0.6 is 0 Å². The molecule has 0 saturated carbocycles. The van der Waals surface area contributed by atoms with E-state index in [-0.39, 0.29) is 0 Å². The Morgan fingerprint density at radius 3 is 2.88 bits per heavy atom. The van der Waals surface area contributed by atoms with E-state index in [1.54, 1.807) is 6.21 Å². The van der Waals surface area contributed by atoms with Crippen LogP contribution in [0, 0.1) is 0 Å². The molecule has 1 aromatic heterocycles. The summed E-state index contributed by atoms with van der Waals surface area (Å²) in [6, 6.07) is 4.03. The van der Waals surface area contributed by atoms with Crippen LogP contribution in [0.4, 0.5) is 0 Å². The number of hydrogen-bond acceptors (Lipinski definition) is 1. The number of nitrogens with zero attached hydrogens (tertiary/aromatic N) is 1. The molecule has 16 heavy (non-hydrogen) atoms. The van der Waals surface area contributed by atoms with E-state index in [4.69, 9.17) is 0 Å². The normalized spacial score (nSPS) is 19.6. The van der Waals surface area contributed by atoms with E-state index in [1.165, 1.54) is 0 Å². The van der Waals surface area contributed by atoms with Gasteiger partial charge in [-0.15, -0.1) is 5.73 Å². The van der Waals surface area contributed by atoms with E-state index < -0.39 is 0 Å². The Morgan fingerprint density at radius 1 is 1.25 bits per heavy atom. The van der Waals surface area contributed by atoms with E-state index in [2.05, 4.69) is 15.7 Å². The minimum atomic E-state index is 0.977. The Bertz CT molecular complexity index is 573. The van der Waals surface area contributed by atoms with Crippen molar-refractivity contribution in [3.8, 4) is 0 Å². The highest BCUT2D eigenvalue weighted by atomic mass is 14.8. The molecule has 0 saturated heterocycles. The molecule has 0 atom stereocenters. The van der Waals surface area contributed by atoms with Gasteiger partial charge >= 0.3 is 0 Å². The molecule has 1 aromatic rings. The zero-order chi connectivity index (χ0) is 10.8. The van der Waals surface area contributed by atoms with Gasteiger partial charge in [0.05, 0.1) is 5.70 Å². The minimum absolute atomic E-state index is 0.977. The lowest BCUT2D eigenvalue weighted by atomic mass is 10.0. The first kappa shape index (κ1) is 8.96. The molecule has 1 aliphatic carbocycles. The summed E-state index contributed by atoms with van der Waals surface area (Å²) >= 11 is 0. The quantitative estimate of drug-likeness (QED) is 0.720. The number of H-pyrrole nitrogens is 1. The molecule has 2 aliphatic rings. The number of aromatic amines is 1. The smallest absolute Gasteiger partial charge is 0.0735 e. The molecular weight excluding hydrogens is 196 g/mol. The van der Waals surface area contributed by atoms with Crippen LogP contribution in [0.15, 0.2) is 70.7 Å². The van der Waals surface area contributed by atoms with Crippen molar-refractivity contribution in [1.29, 1.82) is 0 Å². The number of aliphatic imine (C=N–C) groups is 1. The van der Waals surface area contributed by atoms with Gasteiger partial charge in [0.25, 0.3) is 0 Å². The van der Waals surface area contributed by atoms with Gasteiger partial charge < -0.3 is 4.98 Å². The highest BCUT2D eigenvalue weighted by molar-refractivity contribution is 5.89. The summed E-state index contributed by atoms with van der Waals surface area (Å²) < 4.78 is 0. The van der Waals surface area contributed by atoms with Crippen LogP contribution in [-0.2, 0) is 0 Å². The first-order valence-corrected chi connectivity index (χ1v) is 5.18. The Morgan fingerprint density at radius 2 is 2.25 bits per heavy atom.